The van der Waals surface area contributed by atoms with E-state index in [1.807, 2.05) is 6.07 Å². The topological polar surface area (TPSA) is 24.0 Å². The third-order valence-electron chi connectivity index (χ3n) is 3.61. The number of hydrogen-bond donors (Lipinski definition) is 1. The molecule has 0 bridgehead atoms. The summed E-state index contributed by atoms with van der Waals surface area (Å²) in [5.74, 6) is 0.728. The molecule has 1 aromatic heterocycles. The smallest absolute Gasteiger partial charge is 0.178 e. The Labute approximate surface area is 106 Å². The summed E-state index contributed by atoms with van der Waals surface area (Å²) in [7, 11) is 2.19. The predicted molar refractivity (Wildman–Crippen MR) is 72.7 cm³/mol. The Morgan fingerprint density at radius 3 is 3.00 bits per heavy atom. The SMILES string of the molecule is CN1CCC(Cn2c(=S)[nH]c3ccccc32)C1. The lowest BCUT2D eigenvalue weighted by atomic mass is 10.1. The van der Waals surface area contributed by atoms with E-state index in [0.717, 1.165) is 22.8 Å². The van der Waals surface area contributed by atoms with Crippen LogP contribution < -0.4 is 0 Å². The van der Waals surface area contributed by atoms with Crippen molar-refractivity contribution in [1.82, 2.24) is 14.5 Å². The average molecular weight is 247 g/mol. The van der Waals surface area contributed by atoms with Crippen LogP contribution in [0.15, 0.2) is 24.3 Å². The maximum absolute atomic E-state index is 5.41. The lowest BCUT2D eigenvalue weighted by molar-refractivity contribution is 0.379. The minimum Gasteiger partial charge on any atom is -0.331 e. The molecule has 2 aromatic rings. The summed E-state index contributed by atoms with van der Waals surface area (Å²) in [6.07, 6.45) is 1.28. The normalized spacial score (nSPS) is 21.4. The second-order valence-electron chi connectivity index (χ2n) is 4.97. The maximum Gasteiger partial charge on any atom is 0.178 e. The molecule has 17 heavy (non-hydrogen) atoms. The Morgan fingerprint density at radius 2 is 2.24 bits per heavy atom. The zero-order valence-electron chi connectivity index (χ0n) is 10.0. The number of hydrogen-bond acceptors (Lipinski definition) is 2. The highest BCUT2D eigenvalue weighted by molar-refractivity contribution is 7.71. The van der Waals surface area contributed by atoms with Crippen LogP contribution in [0.4, 0.5) is 0 Å². The van der Waals surface area contributed by atoms with Crippen LogP contribution in [0.3, 0.4) is 0 Å². The lowest BCUT2D eigenvalue weighted by Gasteiger charge is -2.11. The van der Waals surface area contributed by atoms with Gasteiger partial charge in [-0.25, -0.2) is 0 Å². The summed E-state index contributed by atoms with van der Waals surface area (Å²) >= 11 is 5.41. The third kappa shape index (κ3) is 2.03. The van der Waals surface area contributed by atoms with E-state index in [1.165, 1.54) is 25.0 Å². The van der Waals surface area contributed by atoms with Crippen molar-refractivity contribution in [3.05, 3.63) is 29.0 Å². The van der Waals surface area contributed by atoms with Crippen LogP contribution in [0.2, 0.25) is 0 Å². The van der Waals surface area contributed by atoms with Crippen LogP contribution in [-0.4, -0.2) is 34.6 Å². The number of aromatic nitrogens is 2. The van der Waals surface area contributed by atoms with Gasteiger partial charge in [0.2, 0.25) is 0 Å². The van der Waals surface area contributed by atoms with Crippen molar-refractivity contribution in [3.8, 4) is 0 Å². The van der Waals surface area contributed by atoms with Gasteiger partial charge in [0.25, 0.3) is 0 Å². The number of para-hydroxylation sites is 2. The highest BCUT2D eigenvalue weighted by Crippen LogP contribution is 2.20. The average Bonchev–Trinajstić information content (AvgIpc) is 2.85. The zero-order valence-corrected chi connectivity index (χ0v) is 10.8. The van der Waals surface area contributed by atoms with E-state index in [-0.39, 0.29) is 0 Å². The quantitative estimate of drug-likeness (QED) is 0.825. The minimum absolute atomic E-state index is 0.728. The van der Waals surface area contributed by atoms with E-state index in [1.54, 1.807) is 0 Å². The van der Waals surface area contributed by atoms with Crippen LogP contribution in [0.25, 0.3) is 11.0 Å². The number of likely N-dealkylation sites (tertiary alicyclic amines) is 1. The summed E-state index contributed by atoms with van der Waals surface area (Å²) in [4.78, 5) is 5.67. The molecule has 3 nitrogen and oxygen atoms in total. The molecule has 4 heteroatoms. The largest absolute Gasteiger partial charge is 0.331 e. The monoisotopic (exact) mass is 247 g/mol. The molecule has 90 valence electrons. The molecule has 0 saturated carbocycles. The Morgan fingerprint density at radius 1 is 1.41 bits per heavy atom. The predicted octanol–water partition coefficient (Wildman–Crippen LogP) is 2.65. The molecule has 0 radical (unpaired) electrons. The highest BCUT2D eigenvalue weighted by Gasteiger charge is 2.20. The number of benzene rings is 1. The van der Waals surface area contributed by atoms with Crippen LogP contribution in [0.5, 0.6) is 0 Å². The van der Waals surface area contributed by atoms with Crippen molar-refractivity contribution in [2.75, 3.05) is 20.1 Å². The van der Waals surface area contributed by atoms with Crippen LogP contribution in [0, 0.1) is 10.7 Å². The van der Waals surface area contributed by atoms with Gasteiger partial charge in [0.05, 0.1) is 11.0 Å². The lowest BCUT2D eigenvalue weighted by Crippen LogP contribution is -2.17. The third-order valence-corrected chi connectivity index (χ3v) is 3.93. The fourth-order valence-corrected chi connectivity index (χ4v) is 3.00. The van der Waals surface area contributed by atoms with E-state index >= 15 is 0 Å². The van der Waals surface area contributed by atoms with Gasteiger partial charge < -0.3 is 14.5 Å². The van der Waals surface area contributed by atoms with Crippen molar-refractivity contribution in [1.29, 1.82) is 0 Å². The second-order valence-corrected chi connectivity index (χ2v) is 5.36. The molecule has 1 aliphatic heterocycles. The van der Waals surface area contributed by atoms with Crippen molar-refractivity contribution in [2.45, 2.75) is 13.0 Å². The van der Waals surface area contributed by atoms with Crippen LogP contribution in [-0.2, 0) is 6.54 Å². The molecule has 1 aromatic carbocycles. The van der Waals surface area contributed by atoms with Gasteiger partial charge in [-0.15, -0.1) is 0 Å². The first kappa shape index (κ1) is 11.0. The number of H-pyrrole nitrogens is 1. The molecule has 1 unspecified atom stereocenters. The molecule has 2 heterocycles. The molecule has 1 aliphatic rings. The number of imidazole rings is 1. The number of nitrogens with zero attached hydrogens (tertiary/aromatic N) is 2. The van der Waals surface area contributed by atoms with E-state index < -0.39 is 0 Å². The fraction of sp³-hybridized carbons (Fsp3) is 0.462. The first-order valence-corrected chi connectivity index (χ1v) is 6.51. The molecule has 0 spiro atoms. The zero-order chi connectivity index (χ0) is 11.8. The molecular weight excluding hydrogens is 230 g/mol. The Hall–Kier alpha value is -1.13. The molecule has 3 rings (SSSR count). The summed E-state index contributed by atoms with van der Waals surface area (Å²) < 4.78 is 3.09. The highest BCUT2D eigenvalue weighted by atomic mass is 32.1. The van der Waals surface area contributed by atoms with Gasteiger partial charge in [-0.3, -0.25) is 0 Å². The summed E-state index contributed by atoms with van der Waals surface area (Å²) in [5.41, 5.74) is 2.37. The fourth-order valence-electron chi connectivity index (χ4n) is 2.72. The second kappa shape index (κ2) is 4.27. The van der Waals surface area contributed by atoms with Crippen molar-refractivity contribution >= 4 is 23.3 Å². The molecular formula is C13H17N3S. The van der Waals surface area contributed by atoms with Gasteiger partial charge in [0.15, 0.2) is 4.77 Å². The van der Waals surface area contributed by atoms with Gasteiger partial charge in [-0.05, 0) is 50.3 Å². The van der Waals surface area contributed by atoms with E-state index in [0.29, 0.717) is 0 Å². The molecule has 0 aliphatic carbocycles. The van der Waals surface area contributed by atoms with E-state index in [2.05, 4.69) is 39.7 Å². The molecule has 1 fully saturated rings. The van der Waals surface area contributed by atoms with Crippen molar-refractivity contribution < 1.29 is 0 Å². The van der Waals surface area contributed by atoms with E-state index in [9.17, 15) is 0 Å². The van der Waals surface area contributed by atoms with Gasteiger partial charge in [-0.1, -0.05) is 12.1 Å². The number of nitrogens with one attached hydrogen (secondary N) is 1. The Kier molecular flexibility index (Phi) is 2.76. The molecule has 1 N–H and O–H groups in total. The number of fused-ring (bicyclic) bond motifs is 1. The van der Waals surface area contributed by atoms with E-state index in [4.69, 9.17) is 12.2 Å². The maximum atomic E-state index is 5.41. The van der Waals surface area contributed by atoms with Gasteiger partial charge in [-0.2, -0.15) is 0 Å². The molecule has 1 atom stereocenters. The number of rotatable bonds is 2. The molecule has 1 saturated heterocycles. The van der Waals surface area contributed by atoms with Gasteiger partial charge >= 0.3 is 0 Å². The van der Waals surface area contributed by atoms with Gasteiger partial charge in [0, 0.05) is 13.1 Å². The number of aromatic amines is 1. The first-order chi connectivity index (χ1) is 8.24. The minimum atomic E-state index is 0.728. The summed E-state index contributed by atoms with van der Waals surface area (Å²) in [5, 5.41) is 0. The standard InChI is InChI=1S/C13H17N3S/c1-15-7-6-10(8-15)9-16-12-5-3-2-4-11(12)14-13(16)17/h2-5,10H,6-9H2,1H3,(H,14,17). The Bertz CT molecular complexity index is 584. The first-order valence-electron chi connectivity index (χ1n) is 6.10. The Balaban J connectivity index is 1.94. The van der Waals surface area contributed by atoms with Crippen molar-refractivity contribution in [3.63, 3.8) is 0 Å². The van der Waals surface area contributed by atoms with Crippen LogP contribution >= 0.6 is 12.2 Å². The molecule has 0 amide bonds. The van der Waals surface area contributed by atoms with Gasteiger partial charge in [0.1, 0.15) is 0 Å². The summed E-state index contributed by atoms with van der Waals surface area (Å²) in [6, 6.07) is 8.34. The van der Waals surface area contributed by atoms with Crippen LogP contribution in [0.1, 0.15) is 6.42 Å². The summed E-state index contributed by atoms with van der Waals surface area (Å²) in [6.45, 7) is 3.43. The van der Waals surface area contributed by atoms with Crippen molar-refractivity contribution in [2.24, 2.45) is 5.92 Å².